The van der Waals surface area contributed by atoms with Crippen LogP contribution in [0.4, 0.5) is 0 Å². The van der Waals surface area contributed by atoms with Gasteiger partial charge in [0, 0.05) is 25.4 Å². The first-order chi connectivity index (χ1) is 7.13. The molecule has 0 fully saturated rings. The number of hydrogen-bond acceptors (Lipinski definition) is 4. The molecule has 0 aliphatic heterocycles. The fourth-order valence-corrected chi connectivity index (χ4v) is 1.05. The van der Waals surface area contributed by atoms with Crippen molar-refractivity contribution in [3.63, 3.8) is 0 Å². The van der Waals surface area contributed by atoms with Gasteiger partial charge in [-0.1, -0.05) is 5.16 Å². The minimum Gasteiger partial charge on any atom is -0.409 e. The standard InChI is InChI=1S/C8H13N5O2/c1-13(5-6-3-10-11-4-6)8(14)2-7(9)12-15/h3-4,15H,2,5H2,1H3,(H2,9,12)(H,10,11). The van der Waals surface area contributed by atoms with E-state index in [1.165, 1.54) is 4.90 Å². The van der Waals surface area contributed by atoms with Crippen LogP contribution >= 0.6 is 0 Å². The van der Waals surface area contributed by atoms with Crippen LogP contribution in [0, 0.1) is 0 Å². The van der Waals surface area contributed by atoms with Gasteiger partial charge in [-0.25, -0.2) is 0 Å². The normalized spacial score (nSPS) is 11.4. The summed E-state index contributed by atoms with van der Waals surface area (Å²) in [5, 5.41) is 17.4. The maximum Gasteiger partial charge on any atom is 0.230 e. The Labute approximate surface area is 86.6 Å². The number of carbonyl (C=O) groups excluding carboxylic acids is 1. The third-order valence-corrected chi connectivity index (χ3v) is 1.86. The van der Waals surface area contributed by atoms with Crippen LogP contribution in [-0.4, -0.2) is 39.1 Å². The number of nitrogens with two attached hydrogens (primary N) is 1. The molecule has 1 amide bonds. The number of carbonyl (C=O) groups is 1. The zero-order valence-electron chi connectivity index (χ0n) is 8.34. The molecule has 7 nitrogen and oxygen atoms in total. The van der Waals surface area contributed by atoms with Gasteiger partial charge in [-0.05, 0) is 0 Å². The van der Waals surface area contributed by atoms with Crippen molar-refractivity contribution in [2.45, 2.75) is 13.0 Å². The average Bonchev–Trinajstić information content (AvgIpc) is 2.70. The molecule has 0 bridgehead atoms. The number of amides is 1. The van der Waals surface area contributed by atoms with Crippen molar-refractivity contribution in [3.8, 4) is 0 Å². The Hall–Kier alpha value is -2.05. The summed E-state index contributed by atoms with van der Waals surface area (Å²) in [6.07, 6.45) is 3.24. The van der Waals surface area contributed by atoms with E-state index in [0.29, 0.717) is 6.54 Å². The van der Waals surface area contributed by atoms with Gasteiger partial charge in [-0.2, -0.15) is 5.10 Å². The predicted octanol–water partition coefficient (Wildman–Crippen LogP) is -0.495. The Kier molecular flexibility index (Phi) is 3.67. The molecular weight excluding hydrogens is 198 g/mol. The van der Waals surface area contributed by atoms with Crippen molar-refractivity contribution in [2.24, 2.45) is 10.9 Å². The van der Waals surface area contributed by atoms with Gasteiger partial charge >= 0.3 is 0 Å². The number of amidine groups is 1. The molecule has 1 aromatic rings. The summed E-state index contributed by atoms with van der Waals surface area (Å²) < 4.78 is 0. The van der Waals surface area contributed by atoms with Crippen molar-refractivity contribution >= 4 is 11.7 Å². The molecule has 0 spiro atoms. The van der Waals surface area contributed by atoms with Gasteiger partial charge in [0.15, 0.2) is 0 Å². The maximum atomic E-state index is 11.5. The van der Waals surface area contributed by atoms with Crippen molar-refractivity contribution in [2.75, 3.05) is 7.05 Å². The molecule has 0 aliphatic carbocycles. The summed E-state index contributed by atoms with van der Waals surface area (Å²) in [6, 6.07) is 0. The van der Waals surface area contributed by atoms with E-state index in [1.54, 1.807) is 19.4 Å². The molecule has 4 N–H and O–H groups in total. The number of aromatic amines is 1. The van der Waals surface area contributed by atoms with Crippen LogP contribution < -0.4 is 5.73 Å². The Balaban J connectivity index is 2.47. The van der Waals surface area contributed by atoms with E-state index in [4.69, 9.17) is 10.9 Å². The molecule has 0 atom stereocenters. The fraction of sp³-hybridized carbons (Fsp3) is 0.375. The Morgan fingerprint density at radius 3 is 3.07 bits per heavy atom. The van der Waals surface area contributed by atoms with Crippen molar-refractivity contribution in [1.29, 1.82) is 0 Å². The highest BCUT2D eigenvalue weighted by Gasteiger charge is 2.11. The van der Waals surface area contributed by atoms with E-state index in [1.807, 2.05) is 0 Å². The molecule has 0 saturated carbocycles. The molecule has 1 rings (SSSR count). The molecule has 0 radical (unpaired) electrons. The first kappa shape index (κ1) is 11.0. The number of nitrogens with one attached hydrogen (secondary N) is 1. The summed E-state index contributed by atoms with van der Waals surface area (Å²) in [6.45, 7) is 0.439. The topological polar surface area (TPSA) is 108 Å². The van der Waals surface area contributed by atoms with Gasteiger partial charge in [-0.15, -0.1) is 0 Å². The number of aromatic nitrogens is 2. The van der Waals surface area contributed by atoms with Gasteiger partial charge in [0.1, 0.15) is 5.84 Å². The van der Waals surface area contributed by atoms with Gasteiger partial charge in [0.05, 0.1) is 12.6 Å². The third kappa shape index (κ3) is 3.29. The van der Waals surface area contributed by atoms with E-state index in [0.717, 1.165) is 5.56 Å². The van der Waals surface area contributed by atoms with Crippen LogP contribution in [0.3, 0.4) is 0 Å². The minimum atomic E-state index is -0.216. The van der Waals surface area contributed by atoms with Crippen LogP contribution in [0.15, 0.2) is 17.5 Å². The largest absolute Gasteiger partial charge is 0.409 e. The highest BCUT2D eigenvalue weighted by molar-refractivity contribution is 5.98. The molecule has 82 valence electrons. The monoisotopic (exact) mass is 211 g/mol. The summed E-state index contributed by atoms with van der Waals surface area (Å²) in [5.41, 5.74) is 6.11. The lowest BCUT2D eigenvalue weighted by Gasteiger charge is -2.15. The van der Waals surface area contributed by atoms with E-state index >= 15 is 0 Å². The number of rotatable bonds is 4. The lowest BCUT2D eigenvalue weighted by molar-refractivity contribution is -0.129. The molecule has 1 heterocycles. The summed E-state index contributed by atoms with van der Waals surface area (Å²) >= 11 is 0. The fourth-order valence-electron chi connectivity index (χ4n) is 1.05. The Bertz CT molecular complexity index is 346. The highest BCUT2D eigenvalue weighted by Crippen LogP contribution is 2.01. The van der Waals surface area contributed by atoms with Crippen LogP contribution in [0.25, 0.3) is 0 Å². The smallest absolute Gasteiger partial charge is 0.230 e. The Morgan fingerprint density at radius 2 is 2.53 bits per heavy atom. The number of hydrogen-bond donors (Lipinski definition) is 3. The Morgan fingerprint density at radius 1 is 1.80 bits per heavy atom. The van der Waals surface area contributed by atoms with E-state index < -0.39 is 0 Å². The molecule has 15 heavy (non-hydrogen) atoms. The first-order valence-electron chi connectivity index (χ1n) is 4.31. The zero-order valence-corrected chi connectivity index (χ0v) is 8.34. The average molecular weight is 211 g/mol. The van der Waals surface area contributed by atoms with Gasteiger partial charge in [-0.3, -0.25) is 9.89 Å². The van der Waals surface area contributed by atoms with Crippen molar-refractivity contribution < 1.29 is 10.0 Å². The predicted molar refractivity (Wildman–Crippen MR) is 53.1 cm³/mol. The van der Waals surface area contributed by atoms with Crippen molar-refractivity contribution in [3.05, 3.63) is 18.0 Å². The molecule has 1 aromatic heterocycles. The number of H-pyrrole nitrogens is 1. The van der Waals surface area contributed by atoms with Crippen LogP contribution in [-0.2, 0) is 11.3 Å². The van der Waals surface area contributed by atoms with Gasteiger partial charge in [0.2, 0.25) is 5.91 Å². The van der Waals surface area contributed by atoms with E-state index in [-0.39, 0.29) is 18.2 Å². The lowest BCUT2D eigenvalue weighted by atomic mass is 10.3. The molecule has 0 saturated heterocycles. The number of nitrogens with zero attached hydrogens (tertiary/aromatic N) is 3. The minimum absolute atomic E-state index is 0.0924. The molecule has 0 aliphatic rings. The highest BCUT2D eigenvalue weighted by atomic mass is 16.4. The SMILES string of the molecule is CN(Cc1cn[nH]c1)C(=O)CC(N)=NO. The number of oxime groups is 1. The van der Waals surface area contributed by atoms with E-state index in [9.17, 15) is 4.79 Å². The van der Waals surface area contributed by atoms with Gasteiger partial charge < -0.3 is 15.8 Å². The third-order valence-electron chi connectivity index (χ3n) is 1.86. The van der Waals surface area contributed by atoms with Crippen LogP contribution in [0.1, 0.15) is 12.0 Å². The van der Waals surface area contributed by atoms with Crippen LogP contribution in [0.5, 0.6) is 0 Å². The lowest BCUT2D eigenvalue weighted by Crippen LogP contribution is -2.30. The second kappa shape index (κ2) is 4.99. The van der Waals surface area contributed by atoms with Crippen molar-refractivity contribution in [1.82, 2.24) is 15.1 Å². The molecule has 0 unspecified atom stereocenters. The first-order valence-corrected chi connectivity index (χ1v) is 4.31. The molecule has 0 aromatic carbocycles. The summed E-state index contributed by atoms with van der Waals surface area (Å²) in [7, 11) is 1.64. The second-order valence-corrected chi connectivity index (χ2v) is 3.12. The second-order valence-electron chi connectivity index (χ2n) is 3.12. The van der Waals surface area contributed by atoms with Crippen LogP contribution in [0.2, 0.25) is 0 Å². The van der Waals surface area contributed by atoms with E-state index in [2.05, 4.69) is 15.4 Å². The van der Waals surface area contributed by atoms with Gasteiger partial charge in [0.25, 0.3) is 0 Å². The summed E-state index contributed by atoms with van der Waals surface area (Å²) in [5.74, 6) is -0.314. The molecular formula is C8H13N5O2. The maximum absolute atomic E-state index is 11.5. The quantitative estimate of drug-likeness (QED) is 0.270. The zero-order chi connectivity index (χ0) is 11.3. The summed E-state index contributed by atoms with van der Waals surface area (Å²) in [4.78, 5) is 12.9. The molecule has 7 heteroatoms.